The maximum Gasteiger partial charge on any atom is 0.315 e. The molecule has 1 aromatic rings. The first-order valence-electron chi connectivity index (χ1n) is 8.90. The van der Waals surface area contributed by atoms with Crippen molar-refractivity contribution in [1.29, 1.82) is 0 Å². The number of hydrogen-bond acceptors (Lipinski definition) is 5. The van der Waals surface area contributed by atoms with Gasteiger partial charge in [-0.2, -0.15) is 10.1 Å². The Hall–Kier alpha value is -1.85. The number of aromatic nitrogens is 3. The molecule has 0 aromatic carbocycles. The minimum atomic E-state index is -0.160. The van der Waals surface area contributed by atoms with E-state index in [0.29, 0.717) is 25.6 Å². The topological polar surface area (TPSA) is 66.2 Å². The average molecular weight is 337 g/mol. The van der Waals surface area contributed by atoms with Crippen molar-refractivity contribution in [3.8, 4) is 6.01 Å². The van der Waals surface area contributed by atoms with Crippen LogP contribution in [0.15, 0.2) is 18.0 Å². The Balaban J connectivity index is 2.29. The lowest BCUT2D eigenvalue weighted by Crippen LogP contribution is -2.08. The van der Waals surface area contributed by atoms with Gasteiger partial charge < -0.3 is 9.47 Å². The second-order valence-electron chi connectivity index (χ2n) is 5.98. The van der Waals surface area contributed by atoms with Crippen LogP contribution in [0.2, 0.25) is 0 Å². The maximum absolute atomic E-state index is 11.1. The van der Waals surface area contributed by atoms with Crippen LogP contribution in [0.4, 0.5) is 0 Å². The SMILES string of the molecule is CCCCCCCOc1ncnn1C/C(C)=C\CCCC(=O)OC. The molecule has 1 heterocycles. The first-order valence-corrected chi connectivity index (χ1v) is 8.90. The van der Waals surface area contributed by atoms with Crippen molar-refractivity contribution in [3.63, 3.8) is 0 Å². The van der Waals surface area contributed by atoms with Gasteiger partial charge in [0.2, 0.25) is 0 Å². The van der Waals surface area contributed by atoms with E-state index >= 15 is 0 Å². The number of ether oxygens (including phenoxy) is 2. The molecule has 0 aliphatic rings. The molecule has 0 aliphatic carbocycles. The molecule has 0 saturated carbocycles. The van der Waals surface area contributed by atoms with Gasteiger partial charge in [0.1, 0.15) is 6.33 Å². The van der Waals surface area contributed by atoms with Gasteiger partial charge in [0.15, 0.2) is 0 Å². The van der Waals surface area contributed by atoms with Gasteiger partial charge in [-0.3, -0.25) is 4.79 Å². The summed E-state index contributed by atoms with van der Waals surface area (Å²) in [4.78, 5) is 15.2. The van der Waals surface area contributed by atoms with Gasteiger partial charge in [-0.1, -0.05) is 44.3 Å². The maximum atomic E-state index is 11.1. The smallest absolute Gasteiger partial charge is 0.315 e. The molecule has 0 spiro atoms. The van der Waals surface area contributed by atoms with Crippen molar-refractivity contribution >= 4 is 5.97 Å². The normalized spacial score (nSPS) is 11.5. The van der Waals surface area contributed by atoms with Crippen molar-refractivity contribution in [2.45, 2.75) is 71.8 Å². The molecule has 0 amide bonds. The molecule has 136 valence electrons. The van der Waals surface area contributed by atoms with E-state index in [1.165, 1.54) is 44.7 Å². The molecule has 0 unspecified atom stereocenters. The summed E-state index contributed by atoms with van der Waals surface area (Å²) in [5, 5.41) is 4.22. The van der Waals surface area contributed by atoms with E-state index in [9.17, 15) is 4.79 Å². The fourth-order valence-electron chi connectivity index (χ4n) is 2.34. The predicted octanol–water partition coefficient (Wildman–Crippen LogP) is 3.92. The fraction of sp³-hybridized carbons (Fsp3) is 0.722. The third kappa shape index (κ3) is 8.70. The number of carbonyl (C=O) groups excluding carboxylic acids is 1. The lowest BCUT2D eigenvalue weighted by molar-refractivity contribution is -0.140. The highest BCUT2D eigenvalue weighted by atomic mass is 16.5. The van der Waals surface area contributed by atoms with Crippen LogP contribution < -0.4 is 4.74 Å². The minimum Gasteiger partial charge on any atom is -0.469 e. The molecule has 0 aliphatic heterocycles. The first kappa shape index (κ1) is 20.2. The summed E-state index contributed by atoms with van der Waals surface area (Å²) >= 11 is 0. The molecule has 0 N–H and O–H groups in total. The van der Waals surface area contributed by atoms with Crippen LogP contribution in [0.1, 0.15) is 65.2 Å². The molecule has 0 bridgehead atoms. The molecule has 0 saturated heterocycles. The number of esters is 1. The van der Waals surface area contributed by atoms with Crippen LogP contribution in [0.25, 0.3) is 0 Å². The standard InChI is InChI=1S/C18H31N3O3/c1-4-5-6-7-10-13-24-18-19-15-20-21(18)14-16(2)11-8-9-12-17(22)23-3/h11,15H,4-10,12-14H2,1-3H3/b16-11-. The largest absolute Gasteiger partial charge is 0.469 e. The summed E-state index contributed by atoms with van der Waals surface area (Å²) in [6, 6.07) is 0.577. The zero-order valence-corrected chi connectivity index (χ0v) is 15.3. The second-order valence-corrected chi connectivity index (χ2v) is 5.98. The van der Waals surface area contributed by atoms with E-state index < -0.39 is 0 Å². The number of unbranched alkanes of at least 4 members (excludes halogenated alkanes) is 5. The van der Waals surface area contributed by atoms with Gasteiger partial charge in [-0.15, -0.1) is 0 Å². The second kappa shape index (κ2) is 12.6. The minimum absolute atomic E-state index is 0.160. The van der Waals surface area contributed by atoms with Crippen LogP contribution in [0.3, 0.4) is 0 Å². The molecule has 0 atom stereocenters. The van der Waals surface area contributed by atoms with Crippen molar-refractivity contribution in [3.05, 3.63) is 18.0 Å². The van der Waals surface area contributed by atoms with Crippen LogP contribution in [0.5, 0.6) is 6.01 Å². The summed E-state index contributed by atoms with van der Waals surface area (Å²) < 4.78 is 12.1. The fourth-order valence-corrected chi connectivity index (χ4v) is 2.34. The number of hydrogen-bond donors (Lipinski definition) is 0. The van der Waals surface area contributed by atoms with Crippen molar-refractivity contribution in [2.75, 3.05) is 13.7 Å². The van der Waals surface area contributed by atoms with Gasteiger partial charge in [-0.05, 0) is 26.2 Å². The lowest BCUT2D eigenvalue weighted by Gasteiger charge is -2.08. The molecule has 1 aromatic heterocycles. The Morgan fingerprint density at radius 1 is 1.25 bits per heavy atom. The zero-order valence-electron chi connectivity index (χ0n) is 15.3. The highest BCUT2D eigenvalue weighted by Gasteiger charge is 2.06. The van der Waals surface area contributed by atoms with E-state index in [1.54, 1.807) is 4.68 Å². The van der Waals surface area contributed by atoms with Gasteiger partial charge in [0.25, 0.3) is 0 Å². The predicted molar refractivity (Wildman–Crippen MR) is 93.9 cm³/mol. The molecule has 0 fully saturated rings. The van der Waals surface area contributed by atoms with Crippen LogP contribution in [0, 0.1) is 0 Å². The van der Waals surface area contributed by atoms with E-state index in [1.807, 2.05) is 6.92 Å². The number of rotatable bonds is 13. The monoisotopic (exact) mass is 337 g/mol. The molecular weight excluding hydrogens is 306 g/mol. The number of methoxy groups -OCH3 is 1. The Bertz CT molecular complexity index is 497. The van der Waals surface area contributed by atoms with Gasteiger partial charge in [0, 0.05) is 6.42 Å². The molecular formula is C18H31N3O3. The van der Waals surface area contributed by atoms with Gasteiger partial charge >= 0.3 is 12.0 Å². The molecule has 24 heavy (non-hydrogen) atoms. The van der Waals surface area contributed by atoms with E-state index in [-0.39, 0.29) is 5.97 Å². The number of nitrogens with zero attached hydrogens (tertiary/aromatic N) is 3. The lowest BCUT2D eigenvalue weighted by atomic mass is 10.2. The van der Waals surface area contributed by atoms with E-state index in [4.69, 9.17) is 4.74 Å². The van der Waals surface area contributed by atoms with Gasteiger partial charge in [0.05, 0.1) is 20.3 Å². The van der Waals surface area contributed by atoms with E-state index in [2.05, 4.69) is 27.8 Å². The Labute approximate surface area is 145 Å². The highest BCUT2D eigenvalue weighted by molar-refractivity contribution is 5.69. The van der Waals surface area contributed by atoms with Gasteiger partial charge in [-0.25, -0.2) is 4.68 Å². The summed E-state index contributed by atoms with van der Waals surface area (Å²) in [5.74, 6) is -0.160. The number of allylic oxidation sites excluding steroid dienone is 2. The summed E-state index contributed by atoms with van der Waals surface area (Å²) in [7, 11) is 1.42. The summed E-state index contributed by atoms with van der Waals surface area (Å²) in [6.45, 7) is 5.60. The summed E-state index contributed by atoms with van der Waals surface area (Å²) in [6.07, 6.45) is 11.8. The zero-order chi connectivity index (χ0) is 17.6. The van der Waals surface area contributed by atoms with Crippen molar-refractivity contribution < 1.29 is 14.3 Å². The van der Waals surface area contributed by atoms with Crippen LogP contribution >= 0.6 is 0 Å². The molecule has 0 radical (unpaired) electrons. The summed E-state index contributed by atoms with van der Waals surface area (Å²) in [5.41, 5.74) is 1.18. The Kier molecular flexibility index (Phi) is 10.6. The van der Waals surface area contributed by atoms with Crippen molar-refractivity contribution in [1.82, 2.24) is 14.8 Å². The Morgan fingerprint density at radius 2 is 2.04 bits per heavy atom. The first-order chi connectivity index (χ1) is 11.7. The highest BCUT2D eigenvalue weighted by Crippen LogP contribution is 2.11. The van der Waals surface area contributed by atoms with Crippen LogP contribution in [-0.4, -0.2) is 34.5 Å². The van der Waals surface area contributed by atoms with Crippen molar-refractivity contribution in [2.24, 2.45) is 0 Å². The van der Waals surface area contributed by atoms with E-state index in [0.717, 1.165) is 19.3 Å². The number of carbonyl (C=O) groups is 1. The third-order valence-electron chi connectivity index (χ3n) is 3.76. The molecule has 6 nitrogen and oxygen atoms in total. The molecule has 6 heteroatoms. The quantitative estimate of drug-likeness (QED) is 0.310. The third-order valence-corrected chi connectivity index (χ3v) is 3.76. The molecule has 1 rings (SSSR count). The average Bonchev–Trinajstić information content (AvgIpc) is 3.01. The Morgan fingerprint density at radius 3 is 2.79 bits per heavy atom. The van der Waals surface area contributed by atoms with Crippen LogP contribution in [-0.2, 0) is 16.1 Å².